The van der Waals surface area contributed by atoms with Crippen LogP contribution in [0.1, 0.15) is 0 Å². The molecule has 0 aliphatic heterocycles. The summed E-state index contributed by atoms with van der Waals surface area (Å²) in [4.78, 5) is 0. The minimum Gasteiger partial charge on any atom is -0.309 e. The zero-order chi connectivity index (χ0) is 26.5. The molecule has 2 heterocycles. The number of aromatic nitrogens is 1. The second-order valence-corrected chi connectivity index (χ2v) is 11.1. The number of hydrogen-bond acceptors (Lipinski definition) is 1. The topological polar surface area (TPSA) is 4.93 Å². The Morgan fingerprint density at radius 3 is 1.65 bits per heavy atom. The second-order valence-electron chi connectivity index (χ2n) is 10.2. The van der Waals surface area contributed by atoms with Crippen LogP contribution >= 0.6 is 11.3 Å². The third kappa shape index (κ3) is 3.77. The van der Waals surface area contributed by atoms with Gasteiger partial charge in [-0.15, -0.1) is 11.3 Å². The van der Waals surface area contributed by atoms with Gasteiger partial charge in [-0.1, -0.05) is 91.0 Å². The third-order valence-electron chi connectivity index (χ3n) is 7.84. The maximum Gasteiger partial charge on any atom is 0.0555 e. The van der Waals surface area contributed by atoms with Crippen molar-refractivity contribution in [2.45, 2.75) is 0 Å². The molecule has 2 heteroatoms. The quantitative estimate of drug-likeness (QED) is 0.214. The van der Waals surface area contributed by atoms with Gasteiger partial charge in [-0.3, -0.25) is 0 Å². The molecule has 8 aromatic rings. The van der Waals surface area contributed by atoms with E-state index in [1.165, 1.54) is 71.0 Å². The van der Waals surface area contributed by atoms with Crippen LogP contribution in [0.4, 0.5) is 0 Å². The number of benzene rings is 6. The molecule has 1 nitrogen and oxygen atoms in total. The van der Waals surface area contributed by atoms with Gasteiger partial charge in [0.25, 0.3) is 0 Å². The van der Waals surface area contributed by atoms with Crippen LogP contribution in [0.5, 0.6) is 0 Å². The SMILES string of the molecule is c1ccc(-c2cc(-c3ccccc3)cc(-c3ccc4c(c3)c3c5sccc5ccc3n4-c3ccccc3)c2)cc1. The summed E-state index contributed by atoms with van der Waals surface area (Å²) in [5.41, 5.74) is 11.0. The molecule has 2 aromatic heterocycles. The first-order chi connectivity index (χ1) is 19.8. The van der Waals surface area contributed by atoms with Gasteiger partial charge in [-0.05, 0) is 98.7 Å². The number of hydrogen-bond donors (Lipinski definition) is 0. The average Bonchev–Trinajstić information content (AvgIpc) is 3.64. The molecule has 0 radical (unpaired) electrons. The Balaban J connectivity index is 1.41. The van der Waals surface area contributed by atoms with E-state index < -0.39 is 0 Å². The van der Waals surface area contributed by atoms with E-state index >= 15 is 0 Å². The molecule has 0 bridgehead atoms. The van der Waals surface area contributed by atoms with Gasteiger partial charge in [0, 0.05) is 21.2 Å². The summed E-state index contributed by atoms with van der Waals surface area (Å²) in [6, 6.07) is 52.8. The first-order valence-corrected chi connectivity index (χ1v) is 14.5. The first kappa shape index (κ1) is 23.0. The van der Waals surface area contributed by atoms with E-state index in [0.717, 1.165) is 0 Å². The van der Waals surface area contributed by atoms with Crippen molar-refractivity contribution in [3.05, 3.63) is 151 Å². The molecule has 0 N–H and O–H groups in total. The molecule has 188 valence electrons. The summed E-state index contributed by atoms with van der Waals surface area (Å²) in [6.45, 7) is 0. The van der Waals surface area contributed by atoms with Crippen LogP contribution in [0.3, 0.4) is 0 Å². The molecule has 40 heavy (non-hydrogen) atoms. The van der Waals surface area contributed by atoms with Gasteiger partial charge in [0.15, 0.2) is 0 Å². The lowest BCUT2D eigenvalue weighted by atomic mass is 9.93. The zero-order valence-electron chi connectivity index (χ0n) is 21.8. The maximum atomic E-state index is 2.41. The predicted molar refractivity (Wildman–Crippen MR) is 172 cm³/mol. The predicted octanol–water partition coefficient (Wildman–Crippen LogP) is 11.0. The van der Waals surface area contributed by atoms with E-state index in [0.29, 0.717) is 0 Å². The summed E-state index contributed by atoms with van der Waals surface area (Å²) < 4.78 is 3.75. The lowest BCUT2D eigenvalue weighted by Crippen LogP contribution is -1.93. The van der Waals surface area contributed by atoms with Gasteiger partial charge in [-0.2, -0.15) is 0 Å². The largest absolute Gasteiger partial charge is 0.309 e. The van der Waals surface area contributed by atoms with Crippen LogP contribution in [-0.4, -0.2) is 4.57 Å². The van der Waals surface area contributed by atoms with Gasteiger partial charge in [0.1, 0.15) is 0 Å². The number of nitrogens with zero attached hydrogens (tertiary/aromatic N) is 1. The molecule has 6 aromatic carbocycles. The average molecular weight is 528 g/mol. The summed E-state index contributed by atoms with van der Waals surface area (Å²) in [6.07, 6.45) is 0. The highest BCUT2D eigenvalue weighted by molar-refractivity contribution is 7.18. The zero-order valence-corrected chi connectivity index (χ0v) is 22.6. The van der Waals surface area contributed by atoms with Crippen LogP contribution in [0.15, 0.2) is 151 Å². The Morgan fingerprint density at radius 1 is 0.425 bits per heavy atom. The highest BCUT2D eigenvalue weighted by Gasteiger charge is 2.17. The molecular formula is C38H25NS. The van der Waals surface area contributed by atoms with Crippen molar-refractivity contribution >= 4 is 43.2 Å². The fourth-order valence-corrected chi connectivity index (χ4v) is 6.91. The van der Waals surface area contributed by atoms with E-state index in [1.54, 1.807) is 0 Å². The highest BCUT2D eigenvalue weighted by atomic mass is 32.1. The number of fused-ring (bicyclic) bond motifs is 5. The third-order valence-corrected chi connectivity index (χ3v) is 8.79. The van der Waals surface area contributed by atoms with E-state index in [4.69, 9.17) is 0 Å². The van der Waals surface area contributed by atoms with Crippen LogP contribution in [0.2, 0.25) is 0 Å². The molecule has 0 aliphatic rings. The van der Waals surface area contributed by atoms with Gasteiger partial charge in [-0.25, -0.2) is 0 Å². The molecule has 0 saturated heterocycles. The molecule has 0 atom stereocenters. The van der Waals surface area contributed by atoms with Gasteiger partial charge in [0.05, 0.1) is 11.0 Å². The minimum absolute atomic E-state index is 1.18. The Labute approximate surface area is 237 Å². The summed E-state index contributed by atoms with van der Waals surface area (Å²) in [5.74, 6) is 0. The maximum absolute atomic E-state index is 2.41. The molecule has 0 fully saturated rings. The first-order valence-electron chi connectivity index (χ1n) is 13.6. The normalized spacial score (nSPS) is 11.5. The molecule has 0 aliphatic carbocycles. The van der Waals surface area contributed by atoms with Crippen molar-refractivity contribution in [1.82, 2.24) is 4.57 Å². The minimum atomic E-state index is 1.18. The van der Waals surface area contributed by atoms with Crippen LogP contribution in [0.25, 0.3) is 71.0 Å². The molecular weight excluding hydrogens is 502 g/mol. The lowest BCUT2D eigenvalue weighted by Gasteiger charge is -2.12. The van der Waals surface area contributed by atoms with Crippen LogP contribution in [0, 0.1) is 0 Å². The van der Waals surface area contributed by atoms with E-state index in [9.17, 15) is 0 Å². The molecule has 8 rings (SSSR count). The molecule has 0 amide bonds. The van der Waals surface area contributed by atoms with Crippen molar-refractivity contribution in [2.75, 3.05) is 0 Å². The van der Waals surface area contributed by atoms with E-state index in [1.807, 2.05) is 11.3 Å². The van der Waals surface area contributed by atoms with Crippen LogP contribution in [-0.2, 0) is 0 Å². The van der Waals surface area contributed by atoms with Crippen molar-refractivity contribution in [3.63, 3.8) is 0 Å². The molecule has 0 spiro atoms. The highest BCUT2D eigenvalue weighted by Crippen LogP contribution is 2.41. The number of thiophene rings is 1. The Hall–Kier alpha value is -4.92. The van der Waals surface area contributed by atoms with Crippen molar-refractivity contribution in [3.8, 4) is 39.1 Å². The van der Waals surface area contributed by atoms with E-state index in [2.05, 4.69) is 156 Å². The summed E-state index contributed by atoms with van der Waals surface area (Å²) >= 11 is 1.83. The Morgan fingerprint density at radius 2 is 1.00 bits per heavy atom. The van der Waals surface area contributed by atoms with E-state index in [-0.39, 0.29) is 0 Å². The number of rotatable bonds is 4. The summed E-state index contributed by atoms with van der Waals surface area (Å²) in [5, 5.41) is 6.12. The fraction of sp³-hybridized carbons (Fsp3) is 0. The standard InChI is InChI=1S/C38H25NS/c1-4-10-26(11-5-1)30-22-31(27-12-6-2-7-13-27)24-32(23-30)29-17-18-35-34(25-29)37-36(19-16-28-20-21-40-38(28)37)39(35)33-14-8-3-9-15-33/h1-25H. The number of para-hydroxylation sites is 1. The monoisotopic (exact) mass is 527 g/mol. The fourth-order valence-electron chi connectivity index (χ4n) is 5.95. The Bertz CT molecular complexity index is 2080. The van der Waals surface area contributed by atoms with Gasteiger partial charge < -0.3 is 4.57 Å². The van der Waals surface area contributed by atoms with Crippen LogP contribution < -0.4 is 0 Å². The second kappa shape index (κ2) is 9.37. The smallest absolute Gasteiger partial charge is 0.0555 e. The lowest BCUT2D eigenvalue weighted by molar-refractivity contribution is 1.18. The summed E-state index contributed by atoms with van der Waals surface area (Å²) in [7, 11) is 0. The van der Waals surface area contributed by atoms with Crippen molar-refractivity contribution in [2.24, 2.45) is 0 Å². The van der Waals surface area contributed by atoms with Crippen molar-refractivity contribution < 1.29 is 0 Å². The van der Waals surface area contributed by atoms with Crippen molar-refractivity contribution in [1.29, 1.82) is 0 Å². The van der Waals surface area contributed by atoms with Gasteiger partial charge in [0.2, 0.25) is 0 Å². The molecule has 0 unspecified atom stereocenters. The Kier molecular flexibility index (Phi) is 5.39. The molecule has 0 saturated carbocycles. The van der Waals surface area contributed by atoms with Gasteiger partial charge >= 0.3 is 0 Å².